The molecule has 62 valence electrons. The van der Waals surface area contributed by atoms with Gasteiger partial charge in [-0.2, -0.15) is 17.2 Å². The van der Waals surface area contributed by atoms with E-state index in [1.54, 1.807) is 0 Å². The van der Waals surface area contributed by atoms with Crippen LogP contribution in [0.5, 0.6) is 0 Å². The van der Waals surface area contributed by atoms with E-state index in [1.165, 1.54) is 0 Å². The van der Waals surface area contributed by atoms with E-state index in [9.17, 15) is 17.2 Å². The Hall–Kier alpha value is -0.270. The third-order valence-electron chi connectivity index (χ3n) is 0.780. The highest BCUT2D eigenvalue weighted by molar-refractivity contribution is 7.86. The summed E-state index contributed by atoms with van der Waals surface area (Å²) in [6.07, 6.45) is -1.29. The summed E-state index contributed by atoms with van der Waals surface area (Å²) in [6, 6.07) is 0. The Labute approximate surface area is 56.2 Å². The minimum atomic E-state index is -5.36. The molecule has 0 saturated carbocycles. The van der Waals surface area contributed by atoms with E-state index in [4.69, 9.17) is 9.66 Å². The minimum Gasteiger partial charge on any atom is -0.396 e. The molecule has 0 aromatic carbocycles. The first-order valence-corrected chi connectivity index (χ1v) is 3.71. The zero-order chi connectivity index (χ0) is 8.41. The van der Waals surface area contributed by atoms with E-state index in [-0.39, 0.29) is 0 Å². The van der Waals surface area contributed by atoms with Crippen molar-refractivity contribution in [1.82, 2.24) is 0 Å². The monoisotopic (exact) mass is 176 g/mol. The van der Waals surface area contributed by atoms with E-state index in [0.717, 1.165) is 0 Å². The highest BCUT2D eigenvalue weighted by Gasteiger charge is 2.42. The molecule has 0 rings (SSSR count). The number of halogens is 2. The second-order valence-corrected chi connectivity index (χ2v) is 3.13. The predicted molar refractivity (Wildman–Crippen MR) is 28.2 cm³/mol. The van der Waals surface area contributed by atoms with Crippen LogP contribution in [0.2, 0.25) is 0 Å². The summed E-state index contributed by atoms with van der Waals surface area (Å²) in [5.41, 5.74) is 0. The molecule has 0 unspecified atom stereocenters. The zero-order valence-corrected chi connectivity index (χ0v) is 5.61. The Morgan fingerprint density at radius 3 is 1.90 bits per heavy atom. The molecule has 10 heavy (non-hydrogen) atoms. The van der Waals surface area contributed by atoms with Gasteiger partial charge in [0, 0.05) is 0 Å². The summed E-state index contributed by atoms with van der Waals surface area (Å²) in [4.78, 5) is 0. The maximum Gasteiger partial charge on any atom is 0.372 e. The molecule has 0 fully saturated rings. The van der Waals surface area contributed by atoms with Crippen LogP contribution in [0, 0.1) is 0 Å². The van der Waals surface area contributed by atoms with Gasteiger partial charge in [-0.1, -0.05) is 0 Å². The van der Waals surface area contributed by atoms with Gasteiger partial charge in [0.15, 0.2) is 0 Å². The topological polar surface area (TPSA) is 74.6 Å². The summed E-state index contributed by atoms with van der Waals surface area (Å²) in [5, 5.41) is 3.68. The summed E-state index contributed by atoms with van der Waals surface area (Å²) in [5.74, 6) is 0. The van der Waals surface area contributed by atoms with E-state index in [0.29, 0.717) is 0 Å². The van der Waals surface area contributed by atoms with Gasteiger partial charge in [0.05, 0.1) is 13.0 Å². The fourth-order valence-corrected chi connectivity index (χ4v) is 0.608. The quantitative estimate of drug-likeness (QED) is 0.586. The molecule has 4 nitrogen and oxygen atoms in total. The third-order valence-corrected chi connectivity index (χ3v) is 1.74. The molecule has 0 saturated heterocycles. The van der Waals surface area contributed by atoms with Gasteiger partial charge >= 0.3 is 15.4 Å². The van der Waals surface area contributed by atoms with Crippen molar-refractivity contribution < 1.29 is 26.9 Å². The van der Waals surface area contributed by atoms with Crippen LogP contribution >= 0.6 is 0 Å². The first-order chi connectivity index (χ1) is 4.31. The van der Waals surface area contributed by atoms with Gasteiger partial charge in [0.1, 0.15) is 0 Å². The van der Waals surface area contributed by atoms with Gasteiger partial charge in [-0.05, 0) is 0 Å². The molecule has 0 aliphatic carbocycles. The van der Waals surface area contributed by atoms with Gasteiger partial charge in [-0.3, -0.25) is 4.55 Å². The van der Waals surface area contributed by atoms with Gasteiger partial charge < -0.3 is 5.11 Å². The molecule has 0 heterocycles. The van der Waals surface area contributed by atoms with Crippen molar-refractivity contribution in [3.8, 4) is 0 Å². The Morgan fingerprint density at radius 2 is 1.80 bits per heavy atom. The van der Waals surface area contributed by atoms with Crippen LogP contribution in [0.15, 0.2) is 0 Å². The smallest absolute Gasteiger partial charge is 0.372 e. The molecule has 0 atom stereocenters. The first kappa shape index (κ1) is 9.73. The van der Waals surface area contributed by atoms with Crippen molar-refractivity contribution in [2.75, 3.05) is 6.61 Å². The molecule has 0 aromatic heterocycles. The number of alkyl halides is 2. The van der Waals surface area contributed by atoms with Gasteiger partial charge in [-0.25, -0.2) is 0 Å². The van der Waals surface area contributed by atoms with Crippen molar-refractivity contribution >= 4 is 10.1 Å². The fourth-order valence-electron chi connectivity index (χ4n) is 0.259. The Bertz CT molecular complexity index is 197. The van der Waals surface area contributed by atoms with Crippen LogP contribution in [-0.4, -0.2) is 29.9 Å². The summed E-state index contributed by atoms with van der Waals surface area (Å²) < 4.78 is 51.1. The van der Waals surface area contributed by atoms with Gasteiger partial charge in [0.25, 0.3) is 0 Å². The second kappa shape index (κ2) is 2.77. The molecule has 0 radical (unpaired) electrons. The van der Waals surface area contributed by atoms with E-state index in [2.05, 4.69) is 0 Å². The lowest BCUT2D eigenvalue weighted by atomic mass is 10.5. The summed E-state index contributed by atoms with van der Waals surface area (Å²) in [6.45, 7) is -0.993. The average molecular weight is 176 g/mol. The Balaban J connectivity index is 4.42. The van der Waals surface area contributed by atoms with Crippen molar-refractivity contribution in [2.24, 2.45) is 0 Å². The van der Waals surface area contributed by atoms with Crippen molar-refractivity contribution in [3.63, 3.8) is 0 Å². The fraction of sp³-hybridized carbons (Fsp3) is 1.00. The first-order valence-electron chi connectivity index (χ1n) is 2.27. The zero-order valence-electron chi connectivity index (χ0n) is 4.79. The number of aliphatic hydroxyl groups excluding tert-OH is 1. The Morgan fingerprint density at radius 1 is 1.40 bits per heavy atom. The highest BCUT2D eigenvalue weighted by Crippen LogP contribution is 2.23. The SMILES string of the molecule is O=S(=O)(O)C(F)(F)CCO. The van der Waals surface area contributed by atoms with Gasteiger partial charge in [0.2, 0.25) is 0 Å². The van der Waals surface area contributed by atoms with Crippen molar-refractivity contribution in [2.45, 2.75) is 11.7 Å². The molecular weight excluding hydrogens is 170 g/mol. The van der Waals surface area contributed by atoms with Crippen molar-refractivity contribution in [1.29, 1.82) is 0 Å². The van der Waals surface area contributed by atoms with E-state index >= 15 is 0 Å². The number of rotatable bonds is 3. The largest absolute Gasteiger partial charge is 0.396 e. The molecule has 0 aliphatic heterocycles. The maximum atomic E-state index is 11.9. The van der Waals surface area contributed by atoms with E-state index in [1.807, 2.05) is 0 Å². The second-order valence-electron chi connectivity index (χ2n) is 1.59. The molecule has 0 aromatic rings. The molecule has 2 N–H and O–H groups in total. The number of aliphatic hydroxyl groups is 1. The van der Waals surface area contributed by atoms with Crippen LogP contribution in [0.25, 0.3) is 0 Å². The molecule has 0 amide bonds. The van der Waals surface area contributed by atoms with Gasteiger partial charge in [-0.15, -0.1) is 0 Å². The Kier molecular flexibility index (Phi) is 2.69. The molecule has 0 bridgehead atoms. The van der Waals surface area contributed by atoms with Crippen LogP contribution in [0.3, 0.4) is 0 Å². The number of hydrogen-bond donors (Lipinski definition) is 2. The van der Waals surface area contributed by atoms with Crippen LogP contribution in [-0.2, 0) is 10.1 Å². The average Bonchev–Trinajstić information content (AvgIpc) is 1.61. The van der Waals surface area contributed by atoms with Crippen LogP contribution in [0.4, 0.5) is 8.78 Å². The lowest BCUT2D eigenvalue weighted by molar-refractivity contribution is 0.0516. The standard InChI is InChI=1S/C3H6F2O4S/c4-3(5,1-2-6)10(7,8)9/h6H,1-2H2,(H,7,8,9). The number of hydrogen-bond acceptors (Lipinski definition) is 3. The predicted octanol–water partition coefficient (Wildman–Crippen LogP) is -0.151. The summed E-state index contributed by atoms with van der Waals surface area (Å²) in [7, 11) is -5.36. The van der Waals surface area contributed by atoms with E-state index < -0.39 is 28.4 Å². The summed E-state index contributed by atoms with van der Waals surface area (Å²) >= 11 is 0. The molecule has 0 aliphatic rings. The van der Waals surface area contributed by atoms with Crippen LogP contribution < -0.4 is 0 Å². The highest BCUT2D eigenvalue weighted by atomic mass is 32.2. The van der Waals surface area contributed by atoms with Crippen LogP contribution in [0.1, 0.15) is 6.42 Å². The molecular formula is C3H6F2O4S. The van der Waals surface area contributed by atoms with Crippen molar-refractivity contribution in [3.05, 3.63) is 0 Å². The molecule has 7 heteroatoms. The normalized spacial score (nSPS) is 13.6. The lowest BCUT2D eigenvalue weighted by Gasteiger charge is -2.09. The minimum absolute atomic E-state index is 0.993. The third kappa shape index (κ3) is 2.16. The maximum absolute atomic E-state index is 11.9. The lowest BCUT2D eigenvalue weighted by Crippen LogP contribution is -2.29. The molecule has 0 spiro atoms.